The number of hydrogen-bond acceptors (Lipinski definition) is 3. The van der Waals surface area contributed by atoms with Crippen LogP contribution in [0, 0.1) is 17.3 Å². The highest BCUT2D eigenvalue weighted by atomic mass is 16.6. The molecule has 1 saturated heterocycles. The van der Waals surface area contributed by atoms with E-state index in [4.69, 9.17) is 0 Å². The Morgan fingerprint density at radius 1 is 1.07 bits per heavy atom. The highest BCUT2D eigenvalue weighted by molar-refractivity contribution is 5.95. The Morgan fingerprint density at radius 2 is 1.33 bits per heavy atom. The van der Waals surface area contributed by atoms with Crippen LogP contribution in [0.25, 0.3) is 0 Å². The molecule has 3 nitrogen and oxygen atoms in total. The number of hydrogen-bond donors (Lipinski definition) is 0. The highest BCUT2D eigenvalue weighted by Crippen LogP contribution is 2.21. The van der Waals surface area contributed by atoms with Gasteiger partial charge in [0.25, 0.3) is 0 Å². The van der Waals surface area contributed by atoms with Crippen molar-refractivity contribution in [2.75, 3.05) is 0 Å². The summed E-state index contributed by atoms with van der Waals surface area (Å²) in [6.07, 6.45) is 1.27. The molecule has 0 aromatic heterocycles. The number of rotatable bonds is 0. The molecular formula is C12H22O3. The average molecular weight is 214 g/mol. The third-order valence-corrected chi connectivity index (χ3v) is 2.76. The summed E-state index contributed by atoms with van der Waals surface area (Å²) < 4.78 is 4.31. The minimum atomic E-state index is -0.396. The van der Waals surface area contributed by atoms with Gasteiger partial charge in [-0.2, -0.15) is 0 Å². The van der Waals surface area contributed by atoms with E-state index in [2.05, 4.69) is 32.4 Å². The molecule has 0 saturated carbocycles. The van der Waals surface area contributed by atoms with Gasteiger partial charge in [0.2, 0.25) is 0 Å². The lowest BCUT2D eigenvalue weighted by molar-refractivity contribution is -0.153. The third kappa shape index (κ3) is 4.96. The topological polar surface area (TPSA) is 43.4 Å². The van der Waals surface area contributed by atoms with Crippen LogP contribution in [0.15, 0.2) is 0 Å². The first kappa shape index (κ1) is 14.1. The van der Waals surface area contributed by atoms with Crippen molar-refractivity contribution >= 4 is 11.9 Å². The zero-order chi connectivity index (χ0) is 12.2. The molecule has 0 aliphatic carbocycles. The first-order valence-corrected chi connectivity index (χ1v) is 5.44. The first-order chi connectivity index (χ1) is 6.69. The Bertz CT molecular complexity index is 220. The summed E-state index contributed by atoms with van der Waals surface area (Å²) in [5, 5.41) is 0. The van der Waals surface area contributed by atoms with E-state index in [1.165, 1.54) is 6.42 Å². The molecule has 1 aliphatic heterocycles. The lowest BCUT2D eigenvalue weighted by Crippen LogP contribution is -2.09. The van der Waals surface area contributed by atoms with Crippen LogP contribution in [-0.4, -0.2) is 11.9 Å². The van der Waals surface area contributed by atoms with E-state index in [9.17, 15) is 9.59 Å². The second kappa shape index (κ2) is 5.29. The van der Waals surface area contributed by atoms with Crippen molar-refractivity contribution < 1.29 is 14.3 Å². The molecule has 0 radical (unpaired) electrons. The molecule has 2 unspecified atom stereocenters. The van der Waals surface area contributed by atoms with Crippen molar-refractivity contribution in [3.8, 4) is 0 Å². The van der Waals surface area contributed by atoms with Gasteiger partial charge in [0, 0.05) is 0 Å². The fourth-order valence-electron chi connectivity index (χ4n) is 0.693. The second-order valence-electron chi connectivity index (χ2n) is 5.23. The summed E-state index contributed by atoms with van der Waals surface area (Å²) in [6, 6.07) is 0. The largest absolute Gasteiger partial charge is 0.393 e. The lowest BCUT2D eigenvalue weighted by Gasteiger charge is -2.12. The summed E-state index contributed by atoms with van der Waals surface area (Å²) in [6.45, 7) is 12.3. The van der Waals surface area contributed by atoms with Crippen molar-refractivity contribution in [2.24, 2.45) is 17.3 Å². The Morgan fingerprint density at radius 3 is 1.40 bits per heavy atom. The molecule has 15 heavy (non-hydrogen) atoms. The van der Waals surface area contributed by atoms with Crippen LogP contribution < -0.4 is 0 Å². The fraction of sp³-hybridized carbons (Fsp3) is 0.833. The van der Waals surface area contributed by atoms with E-state index >= 15 is 0 Å². The van der Waals surface area contributed by atoms with E-state index in [1.807, 2.05) is 0 Å². The predicted molar refractivity (Wildman–Crippen MR) is 59.2 cm³/mol. The smallest absolute Gasteiger partial charge is 0.317 e. The molecular weight excluding hydrogens is 192 g/mol. The summed E-state index contributed by atoms with van der Waals surface area (Å²) in [4.78, 5) is 21.1. The number of carbonyl (C=O) groups is 2. The monoisotopic (exact) mass is 214 g/mol. The van der Waals surface area contributed by atoms with Gasteiger partial charge in [-0.05, 0) is 5.41 Å². The summed E-state index contributed by atoms with van der Waals surface area (Å²) in [5.74, 6) is -1.30. The molecule has 3 heteroatoms. The van der Waals surface area contributed by atoms with Crippen molar-refractivity contribution in [3.05, 3.63) is 0 Å². The van der Waals surface area contributed by atoms with Crippen LogP contribution >= 0.6 is 0 Å². The molecule has 88 valence electrons. The van der Waals surface area contributed by atoms with Gasteiger partial charge in [0.05, 0.1) is 11.8 Å². The summed E-state index contributed by atoms with van der Waals surface area (Å²) in [5.41, 5.74) is 0.542. The van der Waals surface area contributed by atoms with Crippen molar-refractivity contribution in [1.82, 2.24) is 0 Å². The molecule has 0 aromatic carbocycles. The van der Waals surface area contributed by atoms with Crippen LogP contribution in [-0.2, 0) is 14.3 Å². The number of esters is 2. The molecule has 0 spiro atoms. The predicted octanol–water partition coefficient (Wildman–Crippen LogP) is 2.78. The second-order valence-corrected chi connectivity index (χ2v) is 5.23. The fourth-order valence-corrected chi connectivity index (χ4v) is 0.693. The van der Waals surface area contributed by atoms with Gasteiger partial charge in [-0.3, -0.25) is 9.59 Å². The van der Waals surface area contributed by atoms with E-state index in [-0.39, 0.29) is 11.8 Å². The van der Waals surface area contributed by atoms with E-state index < -0.39 is 11.9 Å². The molecule has 0 bridgehead atoms. The van der Waals surface area contributed by atoms with Gasteiger partial charge < -0.3 is 4.74 Å². The Hall–Kier alpha value is -0.860. The van der Waals surface area contributed by atoms with Crippen LogP contribution in [0.3, 0.4) is 0 Å². The highest BCUT2D eigenvalue weighted by Gasteiger charge is 2.37. The number of carbonyl (C=O) groups excluding carboxylic acids is 2. The van der Waals surface area contributed by atoms with E-state index in [0.717, 1.165) is 0 Å². The zero-order valence-corrected chi connectivity index (χ0v) is 10.6. The van der Waals surface area contributed by atoms with E-state index in [1.54, 1.807) is 13.8 Å². The molecule has 2 atom stereocenters. The van der Waals surface area contributed by atoms with Crippen molar-refractivity contribution in [1.29, 1.82) is 0 Å². The van der Waals surface area contributed by atoms with Crippen LogP contribution in [0.4, 0.5) is 0 Å². The molecule has 1 aliphatic rings. The summed E-state index contributed by atoms with van der Waals surface area (Å²) >= 11 is 0. The number of cyclic esters (lactones) is 2. The minimum absolute atomic E-state index is 0.252. The van der Waals surface area contributed by atoms with E-state index in [0.29, 0.717) is 5.41 Å². The van der Waals surface area contributed by atoms with Gasteiger partial charge in [-0.1, -0.05) is 48.0 Å². The average Bonchev–Trinajstić information content (AvgIpc) is 2.33. The van der Waals surface area contributed by atoms with Crippen molar-refractivity contribution in [2.45, 2.75) is 48.0 Å². The Balaban J connectivity index is 0.000000288. The molecule has 1 rings (SSSR count). The third-order valence-electron chi connectivity index (χ3n) is 2.76. The molecule has 1 fully saturated rings. The number of ether oxygens (including phenoxy) is 1. The van der Waals surface area contributed by atoms with Crippen LogP contribution in [0.2, 0.25) is 0 Å². The molecule has 0 N–H and O–H groups in total. The minimum Gasteiger partial charge on any atom is -0.393 e. The Labute approximate surface area is 92.2 Å². The normalized spacial score (nSPS) is 25.7. The van der Waals surface area contributed by atoms with Gasteiger partial charge in [0.1, 0.15) is 0 Å². The zero-order valence-electron chi connectivity index (χ0n) is 10.6. The molecule has 0 amide bonds. The molecule has 0 aromatic rings. The lowest BCUT2D eigenvalue weighted by atomic mass is 9.94. The van der Waals surface area contributed by atoms with Gasteiger partial charge >= 0.3 is 11.9 Å². The van der Waals surface area contributed by atoms with Gasteiger partial charge in [0.15, 0.2) is 0 Å². The first-order valence-electron chi connectivity index (χ1n) is 5.44. The maximum Gasteiger partial charge on any atom is 0.317 e. The SMILES string of the molecule is CC1C(=O)OC(=O)C1C.CCC(C)(C)C. The molecule has 1 heterocycles. The van der Waals surface area contributed by atoms with Crippen LogP contribution in [0.1, 0.15) is 48.0 Å². The van der Waals surface area contributed by atoms with Crippen LogP contribution in [0.5, 0.6) is 0 Å². The van der Waals surface area contributed by atoms with Gasteiger partial charge in [-0.15, -0.1) is 0 Å². The standard InChI is InChI=1S/C6H8O3.C6H14/c1-3-4(2)6(8)9-5(3)7;1-5-6(2,3)4/h3-4H,1-2H3;5H2,1-4H3. The van der Waals surface area contributed by atoms with Crippen molar-refractivity contribution in [3.63, 3.8) is 0 Å². The quantitative estimate of drug-likeness (QED) is 0.460. The maximum atomic E-state index is 10.6. The Kier molecular flexibility index (Phi) is 4.98. The van der Waals surface area contributed by atoms with Gasteiger partial charge in [-0.25, -0.2) is 0 Å². The summed E-state index contributed by atoms with van der Waals surface area (Å²) in [7, 11) is 0. The maximum absolute atomic E-state index is 10.6.